The van der Waals surface area contributed by atoms with Crippen LogP contribution in [0.2, 0.25) is 5.02 Å². The molecule has 3 aliphatic rings. The van der Waals surface area contributed by atoms with Crippen LogP contribution in [0.5, 0.6) is 5.75 Å². The molecule has 1 unspecified atom stereocenters. The van der Waals surface area contributed by atoms with Crippen LogP contribution < -0.4 is 4.74 Å². The lowest BCUT2D eigenvalue weighted by atomic mass is 9.97. The number of rotatable bonds is 5. The predicted molar refractivity (Wildman–Crippen MR) is 129 cm³/mol. The number of ether oxygens (including phenoxy) is 1. The Morgan fingerprint density at radius 1 is 1.12 bits per heavy atom. The number of nitrogens with zero attached hydrogens (tertiary/aromatic N) is 2. The van der Waals surface area contributed by atoms with Crippen molar-refractivity contribution in [1.82, 2.24) is 9.88 Å². The van der Waals surface area contributed by atoms with Gasteiger partial charge < -0.3 is 4.74 Å². The number of halogens is 1. The van der Waals surface area contributed by atoms with Gasteiger partial charge in [-0.1, -0.05) is 11.6 Å². The molecule has 2 aromatic heterocycles. The van der Waals surface area contributed by atoms with Crippen LogP contribution in [-0.2, 0) is 16.1 Å². The van der Waals surface area contributed by atoms with Gasteiger partial charge in [0.15, 0.2) is 0 Å². The van der Waals surface area contributed by atoms with Crippen LogP contribution in [0, 0.1) is 18.8 Å². The Hall–Kier alpha value is -2.44. The Kier molecular flexibility index (Phi) is 5.18. The van der Waals surface area contributed by atoms with Crippen molar-refractivity contribution in [3.63, 3.8) is 0 Å². The van der Waals surface area contributed by atoms with Crippen LogP contribution in [0.4, 0.5) is 0 Å². The predicted octanol–water partition coefficient (Wildman–Crippen LogP) is 6.14. The highest BCUT2D eigenvalue weighted by molar-refractivity contribution is 7.19. The van der Waals surface area contributed by atoms with Gasteiger partial charge >= 0.3 is 0 Å². The summed E-state index contributed by atoms with van der Waals surface area (Å²) >= 11 is 8.08. The number of benzene rings is 1. The van der Waals surface area contributed by atoms with E-state index < -0.39 is 0 Å². The highest BCUT2D eigenvalue weighted by Crippen LogP contribution is 2.48. The zero-order valence-electron chi connectivity index (χ0n) is 18.5. The first kappa shape index (κ1) is 21.1. The first-order valence-electron chi connectivity index (χ1n) is 11.6. The van der Waals surface area contributed by atoms with Gasteiger partial charge in [-0.2, -0.15) is 0 Å². The second-order valence-corrected chi connectivity index (χ2v) is 11.2. The first-order chi connectivity index (χ1) is 16.0. The van der Waals surface area contributed by atoms with E-state index in [1.807, 2.05) is 24.3 Å². The number of carbonyl (C=O) groups is 2. The molecule has 0 spiro atoms. The van der Waals surface area contributed by atoms with Crippen LogP contribution >= 0.6 is 22.9 Å². The van der Waals surface area contributed by atoms with E-state index in [4.69, 9.17) is 16.3 Å². The number of hydrogen-bond donors (Lipinski definition) is 0. The van der Waals surface area contributed by atoms with Gasteiger partial charge in [0.05, 0.1) is 16.8 Å². The highest BCUT2D eigenvalue weighted by atomic mass is 35.5. The van der Waals surface area contributed by atoms with E-state index in [0.717, 1.165) is 49.9 Å². The minimum atomic E-state index is -0.0994. The number of imide groups is 1. The lowest BCUT2D eigenvalue weighted by Crippen LogP contribution is -2.27. The van der Waals surface area contributed by atoms with E-state index in [2.05, 4.69) is 11.9 Å². The van der Waals surface area contributed by atoms with Crippen molar-refractivity contribution < 1.29 is 14.3 Å². The quantitative estimate of drug-likeness (QED) is 0.411. The molecule has 7 heteroatoms. The molecule has 33 heavy (non-hydrogen) atoms. The van der Waals surface area contributed by atoms with Crippen molar-refractivity contribution >= 4 is 45.0 Å². The minimum Gasteiger partial charge on any atom is -0.489 e. The van der Waals surface area contributed by atoms with Crippen molar-refractivity contribution in [1.29, 1.82) is 0 Å². The fourth-order valence-corrected chi connectivity index (χ4v) is 7.20. The van der Waals surface area contributed by atoms with Crippen LogP contribution in [0.15, 0.2) is 30.5 Å². The van der Waals surface area contributed by atoms with Crippen LogP contribution in [-0.4, -0.2) is 27.8 Å². The van der Waals surface area contributed by atoms with Crippen molar-refractivity contribution in [2.75, 3.05) is 0 Å². The topological polar surface area (TPSA) is 59.5 Å². The molecule has 5 nitrogen and oxygen atoms in total. The second-order valence-electron chi connectivity index (χ2n) is 9.59. The normalized spacial score (nSPS) is 24.4. The standard InChI is InChI=1S/C26H25ClN2O3S/c1-14-8-17(27)11-20(25(14)32-22-10-15-2-3-16(22)9-15)19-6-7-28-21-12-18(33-26(19)21)13-29-23(30)4-5-24(29)31/h6-8,11-12,15-16,22H,2-5,9-10,13H2,1H3/t15-,16?,22+/m1/s1. The number of thiophene rings is 1. The van der Waals surface area contributed by atoms with Gasteiger partial charge in [-0.15, -0.1) is 11.3 Å². The fraction of sp³-hybridized carbons (Fsp3) is 0.423. The zero-order valence-corrected chi connectivity index (χ0v) is 20.0. The third-order valence-corrected chi connectivity index (χ3v) is 8.76. The summed E-state index contributed by atoms with van der Waals surface area (Å²) < 4.78 is 7.72. The first-order valence-corrected chi connectivity index (χ1v) is 12.8. The molecule has 3 heterocycles. The summed E-state index contributed by atoms with van der Waals surface area (Å²) in [5.74, 6) is 2.17. The van der Waals surface area contributed by atoms with E-state index in [1.165, 1.54) is 24.2 Å². The van der Waals surface area contributed by atoms with Crippen molar-refractivity contribution in [3.05, 3.63) is 45.9 Å². The second kappa shape index (κ2) is 8.10. The molecule has 0 N–H and O–H groups in total. The largest absolute Gasteiger partial charge is 0.489 e. The van der Waals surface area contributed by atoms with Gasteiger partial charge in [-0.3, -0.25) is 19.5 Å². The molecule has 1 aromatic carbocycles. The number of likely N-dealkylation sites (tertiary alicyclic amines) is 1. The minimum absolute atomic E-state index is 0.0994. The SMILES string of the molecule is Cc1cc(Cl)cc(-c2ccnc3cc(CN4C(=O)CCC4=O)sc23)c1O[C@H]1C[C@@H]2CCC1C2. The Labute approximate surface area is 201 Å². The molecule has 3 fully saturated rings. The van der Waals surface area contributed by atoms with Gasteiger partial charge in [0.25, 0.3) is 0 Å². The highest BCUT2D eigenvalue weighted by Gasteiger charge is 2.41. The molecule has 1 aliphatic heterocycles. The van der Waals surface area contributed by atoms with Gasteiger partial charge in [-0.05, 0) is 74.3 Å². The Morgan fingerprint density at radius 3 is 2.67 bits per heavy atom. The third-order valence-electron chi connectivity index (χ3n) is 7.40. The Bertz CT molecular complexity index is 1270. The van der Waals surface area contributed by atoms with E-state index in [0.29, 0.717) is 30.3 Å². The molecular weight excluding hydrogens is 456 g/mol. The lowest BCUT2D eigenvalue weighted by molar-refractivity contribution is -0.138. The average Bonchev–Trinajstić information content (AvgIpc) is 3.56. The average molecular weight is 481 g/mol. The summed E-state index contributed by atoms with van der Waals surface area (Å²) in [5, 5.41) is 0.679. The summed E-state index contributed by atoms with van der Waals surface area (Å²) in [7, 11) is 0. The monoisotopic (exact) mass is 480 g/mol. The van der Waals surface area contributed by atoms with Gasteiger partial charge in [-0.25, -0.2) is 0 Å². The molecule has 2 saturated carbocycles. The van der Waals surface area contributed by atoms with E-state index in [9.17, 15) is 9.59 Å². The number of hydrogen-bond acceptors (Lipinski definition) is 5. The summed E-state index contributed by atoms with van der Waals surface area (Å²) in [6, 6.07) is 7.94. The van der Waals surface area contributed by atoms with E-state index >= 15 is 0 Å². The molecule has 3 atom stereocenters. The Morgan fingerprint density at radius 2 is 1.94 bits per heavy atom. The molecule has 1 saturated heterocycles. The zero-order chi connectivity index (χ0) is 22.7. The lowest BCUT2D eigenvalue weighted by Gasteiger charge is -2.26. The summed E-state index contributed by atoms with van der Waals surface area (Å²) in [6.07, 6.45) is 7.70. The van der Waals surface area contributed by atoms with Gasteiger partial charge in [0.2, 0.25) is 11.8 Å². The summed E-state index contributed by atoms with van der Waals surface area (Å²) in [4.78, 5) is 31.1. The number of aryl methyl sites for hydroxylation is 1. The summed E-state index contributed by atoms with van der Waals surface area (Å²) in [5.41, 5.74) is 3.90. The maximum absolute atomic E-state index is 12.1. The van der Waals surface area contributed by atoms with Crippen LogP contribution in [0.25, 0.3) is 21.3 Å². The summed E-state index contributed by atoms with van der Waals surface area (Å²) in [6.45, 7) is 2.36. The van der Waals surface area contributed by atoms with Crippen molar-refractivity contribution in [2.24, 2.45) is 11.8 Å². The molecule has 0 radical (unpaired) electrons. The third kappa shape index (κ3) is 3.73. The number of fused-ring (bicyclic) bond motifs is 3. The smallest absolute Gasteiger partial charge is 0.230 e. The number of pyridine rings is 1. The maximum Gasteiger partial charge on any atom is 0.230 e. The fourth-order valence-electron chi connectivity index (χ4n) is 5.80. The maximum atomic E-state index is 12.1. The van der Waals surface area contributed by atoms with E-state index in [-0.39, 0.29) is 17.9 Å². The molecule has 170 valence electrons. The van der Waals surface area contributed by atoms with E-state index in [1.54, 1.807) is 17.5 Å². The van der Waals surface area contributed by atoms with Crippen LogP contribution in [0.3, 0.4) is 0 Å². The molecule has 2 amide bonds. The molecular formula is C26H25ClN2O3S. The molecule has 2 aliphatic carbocycles. The number of aromatic nitrogens is 1. The molecule has 3 aromatic rings. The number of amides is 2. The van der Waals surface area contributed by atoms with Crippen molar-refractivity contribution in [3.8, 4) is 16.9 Å². The van der Waals surface area contributed by atoms with Crippen LogP contribution in [0.1, 0.15) is 49.0 Å². The molecule has 6 rings (SSSR count). The van der Waals surface area contributed by atoms with Crippen molar-refractivity contribution in [2.45, 2.75) is 58.1 Å². The van der Waals surface area contributed by atoms with Gasteiger partial charge in [0, 0.05) is 40.1 Å². The molecule has 2 bridgehead atoms. The number of carbonyl (C=O) groups excluding carboxylic acids is 2. The Balaban J connectivity index is 1.39. The van der Waals surface area contributed by atoms with Gasteiger partial charge in [0.1, 0.15) is 11.9 Å².